The van der Waals surface area contributed by atoms with Gasteiger partial charge in [0.05, 0.1) is 10.9 Å². The Balaban J connectivity index is 1.59. The van der Waals surface area contributed by atoms with E-state index in [9.17, 15) is 0 Å². The normalized spacial score (nSPS) is 14.9. The smallest absolute Gasteiger partial charge is 0.227 e. The number of nitrogens with zero attached hydrogens (tertiary/aromatic N) is 2. The lowest BCUT2D eigenvalue weighted by atomic mass is 9.95. The van der Waals surface area contributed by atoms with E-state index in [4.69, 9.17) is 4.42 Å². The predicted octanol–water partition coefficient (Wildman–Crippen LogP) is 6.67. The summed E-state index contributed by atoms with van der Waals surface area (Å²) in [6, 6.07) is 17.5. The van der Waals surface area contributed by atoms with E-state index < -0.39 is 0 Å². The molecule has 0 saturated heterocycles. The number of furan rings is 1. The van der Waals surface area contributed by atoms with Crippen LogP contribution in [-0.4, -0.2) is 4.98 Å². The van der Waals surface area contributed by atoms with Crippen LogP contribution in [0.3, 0.4) is 0 Å². The van der Waals surface area contributed by atoms with Crippen molar-refractivity contribution in [3.8, 4) is 11.3 Å². The Morgan fingerprint density at radius 3 is 2.74 bits per heavy atom. The molecule has 3 nitrogen and oxygen atoms in total. The second-order valence-electron chi connectivity index (χ2n) is 9.15. The first-order valence-electron chi connectivity index (χ1n) is 11.4. The van der Waals surface area contributed by atoms with Gasteiger partial charge in [-0.15, -0.1) is 0 Å². The molecule has 31 heavy (non-hydrogen) atoms. The molecule has 1 fully saturated rings. The molecule has 0 unspecified atom stereocenters. The molecule has 3 aromatic heterocycles. The number of rotatable bonds is 3. The van der Waals surface area contributed by atoms with Gasteiger partial charge < -0.3 is 4.42 Å². The van der Waals surface area contributed by atoms with E-state index in [0.717, 1.165) is 27.7 Å². The van der Waals surface area contributed by atoms with E-state index in [-0.39, 0.29) is 0 Å². The average Bonchev–Trinajstić information content (AvgIpc) is 3.43. The number of hydrogen-bond acceptors (Lipinski definition) is 2. The number of fused-ring (bicyclic) bond motifs is 5. The highest BCUT2D eigenvalue weighted by atomic mass is 16.3. The average molecular weight is 408 g/mol. The van der Waals surface area contributed by atoms with Gasteiger partial charge in [-0.1, -0.05) is 62.1 Å². The van der Waals surface area contributed by atoms with Crippen LogP contribution in [0.5, 0.6) is 0 Å². The molecule has 0 aliphatic heterocycles. The molecule has 0 bridgehead atoms. The molecule has 1 saturated carbocycles. The Hall–Kier alpha value is -3.20. The number of benzene rings is 2. The molecule has 3 heteroatoms. The van der Waals surface area contributed by atoms with Crippen molar-refractivity contribution in [2.75, 3.05) is 0 Å². The number of pyridine rings is 2. The van der Waals surface area contributed by atoms with Crippen LogP contribution in [0.4, 0.5) is 0 Å². The highest BCUT2D eigenvalue weighted by Crippen LogP contribution is 2.39. The standard InChI is InChI=1S/C28H27N2O/c1-18-11-12-23-26-22-10-6-5-9-21(22)17-29-28(26)31-27(23)25(18)24-16-20(13-14-30(24)2)15-19-7-3-4-8-19/h5-6,9-14,16-17,19H,3-4,7-8,15H2,1-2H3/q+1. The number of aromatic nitrogens is 2. The third-order valence-corrected chi connectivity index (χ3v) is 7.07. The fraction of sp³-hybridized carbons (Fsp3) is 0.286. The summed E-state index contributed by atoms with van der Waals surface area (Å²) in [5, 5.41) is 4.59. The van der Waals surface area contributed by atoms with Crippen molar-refractivity contribution in [2.45, 2.75) is 39.0 Å². The van der Waals surface area contributed by atoms with Crippen LogP contribution < -0.4 is 4.57 Å². The second-order valence-corrected chi connectivity index (χ2v) is 9.15. The maximum Gasteiger partial charge on any atom is 0.227 e. The van der Waals surface area contributed by atoms with Gasteiger partial charge in [-0.05, 0) is 35.8 Å². The molecule has 1 aliphatic carbocycles. The molecule has 5 aromatic rings. The molecule has 154 valence electrons. The third kappa shape index (κ3) is 3.03. The van der Waals surface area contributed by atoms with Gasteiger partial charge in [0.25, 0.3) is 0 Å². The molecular formula is C28H27N2O+. The number of hydrogen-bond donors (Lipinski definition) is 0. The molecule has 1 aliphatic rings. The molecule has 0 spiro atoms. The van der Waals surface area contributed by atoms with E-state index in [0.29, 0.717) is 5.71 Å². The van der Waals surface area contributed by atoms with Crippen LogP contribution in [0.2, 0.25) is 0 Å². The van der Waals surface area contributed by atoms with Crippen molar-refractivity contribution in [1.82, 2.24) is 4.98 Å². The summed E-state index contributed by atoms with van der Waals surface area (Å²) >= 11 is 0. The highest BCUT2D eigenvalue weighted by molar-refractivity contribution is 6.19. The summed E-state index contributed by atoms with van der Waals surface area (Å²) < 4.78 is 8.65. The molecular weight excluding hydrogens is 380 g/mol. The summed E-state index contributed by atoms with van der Waals surface area (Å²) in [7, 11) is 2.13. The number of aryl methyl sites for hydroxylation is 2. The summed E-state index contributed by atoms with van der Waals surface area (Å²) in [5.41, 5.74) is 6.69. The summed E-state index contributed by atoms with van der Waals surface area (Å²) in [6.07, 6.45) is 10.8. The summed E-state index contributed by atoms with van der Waals surface area (Å²) in [6.45, 7) is 2.18. The monoisotopic (exact) mass is 407 g/mol. The lowest BCUT2D eigenvalue weighted by Gasteiger charge is -2.10. The fourth-order valence-corrected chi connectivity index (χ4v) is 5.42. The maximum atomic E-state index is 6.43. The van der Waals surface area contributed by atoms with E-state index in [1.807, 2.05) is 6.20 Å². The van der Waals surface area contributed by atoms with Gasteiger partial charge in [-0.3, -0.25) is 0 Å². The van der Waals surface area contributed by atoms with E-state index in [2.05, 4.69) is 78.3 Å². The van der Waals surface area contributed by atoms with Crippen LogP contribution in [0.15, 0.2) is 65.3 Å². The van der Waals surface area contributed by atoms with Gasteiger partial charge >= 0.3 is 0 Å². The zero-order valence-corrected chi connectivity index (χ0v) is 18.2. The van der Waals surface area contributed by atoms with Crippen molar-refractivity contribution in [1.29, 1.82) is 0 Å². The third-order valence-electron chi connectivity index (χ3n) is 7.07. The Morgan fingerprint density at radius 1 is 1.03 bits per heavy atom. The minimum Gasteiger partial charge on any atom is -0.437 e. The first-order chi connectivity index (χ1) is 15.2. The van der Waals surface area contributed by atoms with Crippen molar-refractivity contribution in [3.63, 3.8) is 0 Å². The summed E-state index contributed by atoms with van der Waals surface area (Å²) in [4.78, 5) is 4.65. The van der Waals surface area contributed by atoms with Crippen molar-refractivity contribution < 1.29 is 8.98 Å². The van der Waals surface area contributed by atoms with Gasteiger partial charge in [-0.25, -0.2) is 9.55 Å². The maximum absolute atomic E-state index is 6.43. The zero-order valence-electron chi connectivity index (χ0n) is 18.2. The Morgan fingerprint density at radius 2 is 1.87 bits per heavy atom. The van der Waals surface area contributed by atoms with Gasteiger partial charge in [0, 0.05) is 29.1 Å². The molecule has 3 heterocycles. The fourth-order valence-electron chi connectivity index (χ4n) is 5.42. The first kappa shape index (κ1) is 18.6. The molecule has 0 amide bonds. The van der Waals surface area contributed by atoms with Crippen LogP contribution in [-0.2, 0) is 13.5 Å². The van der Waals surface area contributed by atoms with Crippen LogP contribution in [0.25, 0.3) is 44.1 Å². The molecule has 2 aromatic carbocycles. The lowest BCUT2D eigenvalue weighted by molar-refractivity contribution is -0.660. The van der Waals surface area contributed by atoms with Crippen molar-refractivity contribution in [2.24, 2.45) is 13.0 Å². The van der Waals surface area contributed by atoms with Gasteiger partial charge in [0.1, 0.15) is 7.05 Å². The Bertz CT molecular complexity index is 1440. The van der Waals surface area contributed by atoms with E-state index in [1.54, 1.807) is 0 Å². The molecule has 0 atom stereocenters. The summed E-state index contributed by atoms with van der Waals surface area (Å²) in [5.74, 6) is 0.833. The van der Waals surface area contributed by atoms with Crippen LogP contribution >= 0.6 is 0 Å². The minimum atomic E-state index is 0.713. The Kier molecular flexibility index (Phi) is 4.31. The predicted molar refractivity (Wildman–Crippen MR) is 126 cm³/mol. The van der Waals surface area contributed by atoms with E-state index in [1.165, 1.54) is 59.9 Å². The zero-order chi connectivity index (χ0) is 20.9. The SMILES string of the molecule is Cc1ccc2c(oc3ncc4ccccc4c32)c1-c1cc(CC2CCCC2)cc[n+]1C. The van der Waals surface area contributed by atoms with Crippen LogP contribution in [0, 0.1) is 12.8 Å². The van der Waals surface area contributed by atoms with Crippen molar-refractivity contribution >= 4 is 32.8 Å². The topological polar surface area (TPSA) is 29.9 Å². The molecule has 0 N–H and O–H groups in total. The lowest BCUT2D eigenvalue weighted by Crippen LogP contribution is -2.31. The van der Waals surface area contributed by atoms with Gasteiger partial charge in [0.15, 0.2) is 11.8 Å². The van der Waals surface area contributed by atoms with E-state index >= 15 is 0 Å². The highest BCUT2D eigenvalue weighted by Gasteiger charge is 2.23. The molecule has 0 radical (unpaired) electrons. The van der Waals surface area contributed by atoms with Crippen LogP contribution in [0.1, 0.15) is 36.8 Å². The largest absolute Gasteiger partial charge is 0.437 e. The minimum absolute atomic E-state index is 0.713. The molecule has 6 rings (SSSR count). The quantitative estimate of drug-likeness (QED) is 0.313. The first-order valence-corrected chi connectivity index (χ1v) is 11.4. The van der Waals surface area contributed by atoms with Crippen molar-refractivity contribution in [3.05, 3.63) is 72.1 Å². The van der Waals surface area contributed by atoms with Gasteiger partial charge in [-0.2, -0.15) is 0 Å². The van der Waals surface area contributed by atoms with Gasteiger partial charge in [0.2, 0.25) is 11.4 Å². The second kappa shape index (κ2) is 7.19. The Labute approximate surface area is 182 Å².